The van der Waals surface area contributed by atoms with E-state index in [1.807, 2.05) is 6.08 Å². The third-order valence-corrected chi connectivity index (χ3v) is 17.9. The van der Waals surface area contributed by atoms with E-state index >= 15 is 0 Å². The Kier molecular flexibility index (Phi) is 5.14. The van der Waals surface area contributed by atoms with Gasteiger partial charge in [-0.25, -0.2) is 0 Å². The summed E-state index contributed by atoms with van der Waals surface area (Å²) >= 11 is 0. The minimum absolute atomic E-state index is 0.349. The van der Waals surface area contributed by atoms with Gasteiger partial charge in [0.25, 0.3) is 0 Å². The minimum Gasteiger partial charge on any atom is -0.402 e. The zero-order valence-electron chi connectivity index (χ0n) is 15.0. The van der Waals surface area contributed by atoms with Crippen LogP contribution in [-0.2, 0) is 4.43 Å². The highest BCUT2D eigenvalue weighted by atomic mass is 29.3. The molecule has 23 heavy (non-hydrogen) atoms. The first-order chi connectivity index (χ1) is 10.7. The second kappa shape index (κ2) is 6.59. The standard InChI is InChI=1S/C20H28OSi2/c1-7-20(2,3)21-23(22(4,5)6,18-14-10-8-11-15-18)19-16-12-9-13-17-19/h7-17H,1H2,2-6H3. The summed E-state index contributed by atoms with van der Waals surface area (Å²) in [5, 5.41) is 2.72. The van der Waals surface area contributed by atoms with Crippen LogP contribution in [0.3, 0.4) is 0 Å². The maximum absolute atomic E-state index is 6.99. The van der Waals surface area contributed by atoms with Gasteiger partial charge in [0.15, 0.2) is 0 Å². The number of hydrogen-bond donors (Lipinski definition) is 0. The molecular formula is C20H28OSi2. The van der Waals surface area contributed by atoms with E-state index in [-0.39, 0.29) is 5.60 Å². The van der Waals surface area contributed by atoms with Crippen molar-refractivity contribution in [3.05, 3.63) is 73.3 Å². The summed E-state index contributed by atoms with van der Waals surface area (Å²) in [6.45, 7) is 15.5. The third kappa shape index (κ3) is 3.57. The summed E-state index contributed by atoms with van der Waals surface area (Å²) in [6, 6.07) is 21.7. The largest absolute Gasteiger partial charge is 0.402 e. The van der Waals surface area contributed by atoms with Gasteiger partial charge in [-0.1, -0.05) is 86.4 Å². The Hall–Kier alpha value is -1.43. The Morgan fingerprint density at radius 2 is 1.22 bits per heavy atom. The van der Waals surface area contributed by atoms with Crippen LogP contribution in [0.1, 0.15) is 13.8 Å². The highest BCUT2D eigenvalue weighted by Crippen LogP contribution is 2.27. The normalized spacial score (nSPS) is 12.9. The topological polar surface area (TPSA) is 9.23 Å². The van der Waals surface area contributed by atoms with Gasteiger partial charge < -0.3 is 4.43 Å². The van der Waals surface area contributed by atoms with Gasteiger partial charge in [0.2, 0.25) is 7.83 Å². The highest BCUT2D eigenvalue weighted by Gasteiger charge is 2.53. The van der Waals surface area contributed by atoms with E-state index in [1.165, 1.54) is 10.4 Å². The summed E-state index contributed by atoms with van der Waals surface area (Å²) in [6.07, 6.45) is 1.93. The van der Waals surface area contributed by atoms with Crippen molar-refractivity contribution in [1.29, 1.82) is 0 Å². The van der Waals surface area contributed by atoms with Crippen molar-refractivity contribution in [3.63, 3.8) is 0 Å². The van der Waals surface area contributed by atoms with Crippen molar-refractivity contribution in [1.82, 2.24) is 0 Å². The maximum Gasteiger partial charge on any atom is 0.241 e. The van der Waals surface area contributed by atoms with Gasteiger partial charge in [0.1, 0.15) is 0 Å². The molecule has 122 valence electrons. The molecule has 2 rings (SSSR count). The van der Waals surface area contributed by atoms with E-state index in [0.29, 0.717) is 0 Å². The second-order valence-corrected chi connectivity index (χ2v) is 21.4. The average molecular weight is 341 g/mol. The van der Waals surface area contributed by atoms with Gasteiger partial charge in [-0.05, 0) is 24.2 Å². The van der Waals surface area contributed by atoms with E-state index in [1.54, 1.807) is 0 Å². The molecule has 3 heteroatoms. The van der Waals surface area contributed by atoms with Crippen LogP contribution in [0.2, 0.25) is 19.6 Å². The van der Waals surface area contributed by atoms with Crippen LogP contribution in [0.25, 0.3) is 0 Å². The van der Waals surface area contributed by atoms with E-state index in [4.69, 9.17) is 4.43 Å². The molecule has 0 aliphatic heterocycles. The Labute approximate surface area is 143 Å². The van der Waals surface area contributed by atoms with Crippen LogP contribution >= 0.6 is 0 Å². The zero-order valence-corrected chi connectivity index (χ0v) is 17.0. The highest BCUT2D eigenvalue weighted by molar-refractivity contribution is 7.48. The molecule has 0 atom stereocenters. The molecule has 0 amide bonds. The van der Waals surface area contributed by atoms with Crippen LogP contribution in [0.5, 0.6) is 0 Å². The lowest BCUT2D eigenvalue weighted by molar-refractivity contribution is 0.164. The molecule has 0 aromatic heterocycles. The molecule has 0 heterocycles. The molecule has 0 fully saturated rings. The lowest BCUT2D eigenvalue weighted by Crippen LogP contribution is -2.76. The van der Waals surface area contributed by atoms with Gasteiger partial charge in [-0.2, -0.15) is 0 Å². The van der Waals surface area contributed by atoms with E-state index < -0.39 is 15.4 Å². The van der Waals surface area contributed by atoms with Crippen molar-refractivity contribution < 1.29 is 4.43 Å². The monoisotopic (exact) mass is 340 g/mol. The molecule has 0 bridgehead atoms. The average Bonchev–Trinajstić information content (AvgIpc) is 2.53. The first kappa shape index (κ1) is 17.9. The van der Waals surface area contributed by atoms with Crippen LogP contribution in [0.15, 0.2) is 73.3 Å². The SMILES string of the molecule is C=CC(C)(C)O[Si](c1ccccc1)(c1ccccc1)[Si](C)(C)C. The molecule has 0 N–H and O–H groups in total. The summed E-state index contributed by atoms with van der Waals surface area (Å²) in [4.78, 5) is 0. The minimum atomic E-state index is -2.34. The molecule has 2 aromatic rings. The van der Waals surface area contributed by atoms with Crippen molar-refractivity contribution in [3.8, 4) is 0 Å². The zero-order chi connectivity index (χ0) is 17.1. The molecule has 0 aliphatic rings. The predicted molar refractivity (Wildman–Crippen MR) is 107 cm³/mol. The van der Waals surface area contributed by atoms with Gasteiger partial charge in [-0.3, -0.25) is 0 Å². The molecule has 0 spiro atoms. The summed E-state index contributed by atoms with van der Waals surface area (Å²) in [5.74, 6) is 0. The number of benzene rings is 2. The summed E-state index contributed by atoms with van der Waals surface area (Å²) in [5.41, 5.74) is -0.349. The first-order valence-electron chi connectivity index (χ1n) is 8.18. The lowest BCUT2D eigenvalue weighted by atomic mass is 10.1. The maximum atomic E-state index is 6.99. The quantitative estimate of drug-likeness (QED) is 0.567. The van der Waals surface area contributed by atoms with E-state index in [9.17, 15) is 0 Å². The molecule has 0 saturated carbocycles. The second-order valence-electron chi connectivity index (χ2n) is 7.57. The van der Waals surface area contributed by atoms with Gasteiger partial charge in [0, 0.05) is 0 Å². The Morgan fingerprint density at radius 1 is 0.826 bits per heavy atom. The van der Waals surface area contributed by atoms with E-state index in [0.717, 1.165) is 0 Å². The lowest BCUT2D eigenvalue weighted by Gasteiger charge is -2.46. The third-order valence-electron chi connectivity index (χ3n) is 4.32. The van der Waals surface area contributed by atoms with Crippen LogP contribution in [-0.4, -0.2) is 21.0 Å². The molecular weight excluding hydrogens is 312 g/mol. The molecule has 0 radical (unpaired) electrons. The molecule has 0 unspecified atom stereocenters. The molecule has 0 saturated heterocycles. The Morgan fingerprint density at radius 3 is 1.52 bits per heavy atom. The fourth-order valence-corrected chi connectivity index (χ4v) is 15.8. The van der Waals surface area contributed by atoms with Crippen molar-refractivity contribution >= 4 is 25.8 Å². The first-order valence-corrected chi connectivity index (χ1v) is 14.6. The predicted octanol–water partition coefficient (Wildman–Crippen LogP) is 4.14. The van der Waals surface area contributed by atoms with Crippen molar-refractivity contribution in [2.45, 2.75) is 39.1 Å². The summed E-state index contributed by atoms with van der Waals surface area (Å²) in [7, 11) is -4.01. The van der Waals surface area contributed by atoms with Gasteiger partial charge in [0.05, 0.1) is 13.2 Å². The fourth-order valence-electron chi connectivity index (χ4n) is 3.09. The van der Waals surface area contributed by atoms with E-state index in [2.05, 4.69) is 101 Å². The Bertz CT molecular complexity index is 603. The number of rotatable bonds is 6. The van der Waals surface area contributed by atoms with Crippen molar-refractivity contribution in [2.75, 3.05) is 0 Å². The van der Waals surface area contributed by atoms with Crippen LogP contribution in [0, 0.1) is 0 Å². The van der Waals surface area contributed by atoms with Crippen molar-refractivity contribution in [2.24, 2.45) is 0 Å². The molecule has 1 nitrogen and oxygen atoms in total. The molecule has 0 aliphatic carbocycles. The van der Waals surface area contributed by atoms with Gasteiger partial charge in [-0.15, -0.1) is 6.58 Å². The number of hydrogen-bond acceptors (Lipinski definition) is 1. The fraction of sp³-hybridized carbons (Fsp3) is 0.300. The van der Waals surface area contributed by atoms with Gasteiger partial charge >= 0.3 is 0 Å². The smallest absolute Gasteiger partial charge is 0.241 e. The summed E-state index contributed by atoms with van der Waals surface area (Å²) < 4.78 is 6.99. The molecule has 2 aromatic carbocycles. The van der Waals surface area contributed by atoms with Crippen LogP contribution in [0.4, 0.5) is 0 Å². The van der Waals surface area contributed by atoms with Crippen LogP contribution < -0.4 is 10.4 Å². The Balaban J connectivity index is 2.77.